The molecule has 0 atom stereocenters. The first-order valence-corrected chi connectivity index (χ1v) is 11.5. The summed E-state index contributed by atoms with van der Waals surface area (Å²) in [6.07, 6.45) is 0. The Kier molecular flexibility index (Phi) is 5.79. The fourth-order valence-corrected chi connectivity index (χ4v) is 4.55. The minimum atomic E-state index is -0.521. The summed E-state index contributed by atoms with van der Waals surface area (Å²) in [5, 5.41) is 0. The third-order valence-electron chi connectivity index (χ3n) is 6.58. The number of fused-ring (bicyclic) bond motifs is 1. The number of rotatable bonds is 6. The fraction of sp³-hybridized carbons (Fsp3) is 0.296. The molecule has 1 saturated heterocycles. The van der Waals surface area contributed by atoms with Gasteiger partial charge >= 0.3 is 0 Å². The number of H-pyrrole nitrogens is 1. The van der Waals surface area contributed by atoms with Gasteiger partial charge < -0.3 is 4.98 Å². The molecule has 0 spiro atoms. The second-order valence-corrected chi connectivity index (χ2v) is 9.13. The van der Waals surface area contributed by atoms with Crippen molar-refractivity contribution < 1.29 is 4.79 Å². The molecule has 4 aromatic rings. The fourth-order valence-electron chi connectivity index (χ4n) is 4.55. The highest BCUT2D eigenvalue weighted by Crippen LogP contribution is 2.23. The summed E-state index contributed by atoms with van der Waals surface area (Å²) in [5.74, 6) is 0.973. The van der Waals surface area contributed by atoms with Crippen molar-refractivity contribution in [1.29, 1.82) is 0 Å². The molecule has 0 unspecified atom stereocenters. The van der Waals surface area contributed by atoms with Gasteiger partial charge in [-0.2, -0.15) is 0 Å². The number of Topliss-reactive ketones (excluding diaryl/α,β-unsaturated/α-hetero) is 1. The molecular weight excluding hydrogens is 410 g/mol. The number of para-hydroxylation sites is 2. The normalized spacial score (nSPS) is 15.7. The Labute approximate surface area is 194 Å². The third kappa shape index (κ3) is 4.45. The number of nitrogens with one attached hydrogen (secondary N) is 1. The van der Waals surface area contributed by atoms with Crippen LogP contribution in [0, 0.1) is 0 Å². The quantitative estimate of drug-likeness (QED) is 0.451. The van der Waals surface area contributed by atoms with E-state index in [2.05, 4.69) is 25.8 Å². The summed E-state index contributed by atoms with van der Waals surface area (Å²) in [7, 11) is 0. The van der Waals surface area contributed by atoms with Crippen LogP contribution in [0.15, 0.2) is 72.8 Å². The van der Waals surface area contributed by atoms with E-state index in [1.165, 1.54) is 0 Å². The standard InChI is InChI=1S/C27H29N5O/c1-27(2,25(33)20-9-4-3-5-10-20)32-17-15-31(16-18-32)19-21-11-8-14-24(28-21)26-29-22-12-6-7-13-23(22)30-26/h3-14H,15-19H2,1-2H3,(H,29,30). The van der Waals surface area contributed by atoms with Crippen LogP contribution in [0.4, 0.5) is 0 Å². The Bertz CT molecular complexity index is 1220. The first kappa shape index (κ1) is 21.5. The predicted molar refractivity (Wildman–Crippen MR) is 131 cm³/mol. The minimum absolute atomic E-state index is 0.178. The molecule has 6 nitrogen and oxygen atoms in total. The van der Waals surface area contributed by atoms with Gasteiger partial charge in [-0.05, 0) is 38.1 Å². The van der Waals surface area contributed by atoms with Crippen molar-refractivity contribution in [3.8, 4) is 11.5 Å². The van der Waals surface area contributed by atoms with Crippen molar-refractivity contribution >= 4 is 16.8 Å². The van der Waals surface area contributed by atoms with Crippen LogP contribution >= 0.6 is 0 Å². The second kappa shape index (κ2) is 8.89. The van der Waals surface area contributed by atoms with E-state index in [-0.39, 0.29) is 5.78 Å². The van der Waals surface area contributed by atoms with E-state index in [9.17, 15) is 4.79 Å². The Morgan fingerprint density at radius 2 is 1.61 bits per heavy atom. The number of benzene rings is 2. The average Bonchev–Trinajstić information content (AvgIpc) is 3.29. The van der Waals surface area contributed by atoms with Crippen LogP contribution in [-0.2, 0) is 6.54 Å². The molecule has 168 valence electrons. The number of pyridine rings is 1. The number of carbonyl (C=O) groups is 1. The zero-order valence-corrected chi connectivity index (χ0v) is 19.2. The van der Waals surface area contributed by atoms with Crippen molar-refractivity contribution in [3.63, 3.8) is 0 Å². The number of aromatic amines is 1. The van der Waals surface area contributed by atoms with Crippen LogP contribution in [0.2, 0.25) is 0 Å². The molecule has 1 N–H and O–H groups in total. The average molecular weight is 440 g/mol. The number of aromatic nitrogens is 3. The summed E-state index contributed by atoms with van der Waals surface area (Å²) in [6.45, 7) is 8.38. The maximum Gasteiger partial charge on any atom is 0.182 e. The van der Waals surface area contributed by atoms with Crippen molar-refractivity contribution in [2.45, 2.75) is 25.9 Å². The van der Waals surface area contributed by atoms with E-state index < -0.39 is 5.54 Å². The molecule has 1 aliphatic heterocycles. The molecule has 2 aromatic carbocycles. The summed E-state index contributed by atoms with van der Waals surface area (Å²) >= 11 is 0. The molecule has 1 aliphatic rings. The zero-order chi connectivity index (χ0) is 22.8. The van der Waals surface area contributed by atoms with E-state index in [1.807, 2.05) is 80.6 Å². The number of carbonyl (C=O) groups excluding carboxylic acids is 1. The van der Waals surface area contributed by atoms with Crippen LogP contribution < -0.4 is 0 Å². The number of hydrogen-bond donors (Lipinski definition) is 1. The van der Waals surface area contributed by atoms with Gasteiger partial charge in [-0.25, -0.2) is 9.97 Å². The monoisotopic (exact) mass is 439 g/mol. The lowest BCUT2D eigenvalue weighted by molar-refractivity contribution is 0.0397. The molecule has 0 aliphatic carbocycles. The highest BCUT2D eigenvalue weighted by molar-refractivity contribution is 6.02. The van der Waals surface area contributed by atoms with Crippen LogP contribution in [-0.4, -0.2) is 62.3 Å². The smallest absolute Gasteiger partial charge is 0.182 e. The van der Waals surface area contributed by atoms with Gasteiger partial charge in [0, 0.05) is 38.3 Å². The molecule has 0 radical (unpaired) electrons. The van der Waals surface area contributed by atoms with Crippen molar-refractivity contribution in [2.24, 2.45) is 0 Å². The minimum Gasteiger partial charge on any atom is -0.337 e. The summed E-state index contributed by atoms with van der Waals surface area (Å²) in [6, 6.07) is 23.7. The van der Waals surface area contributed by atoms with Crippen LogP contribution in [0.25, 0.3) is 22.6 Å². The van der Waals surface area contributed by atoms with Crippen molar-refractivity contribution in [1.82, 2.24) is 24.8 Å². The van der Waals surface area contributed by atoms with Gasteiger partial charge in [-0.3, -0.25) is 14.6 Å². The number of hydrogen-bond acceptors (Lipinski definition) is 5. The molecule has 3 heterocycles. The zero-order valence-electron chi connectivity index (χ0n) is 19.2. The highest BCUT2D eigenvalue weighted by Gasteiger charge is 2.36. The van der Waals surface area contributed by atoms with E-state index in [1.54, 1.807) is 0 Å². The lowest BCUT2D eigenvalue weighted by Gasteiger charge is -2.43. The van der Waals surface area contributed by atoms with Gasteiger partial charge in [0.05, 0.1) is 22.3 Å². The molecule has 2 aromatic heterocycles. The maximum atomic E-state index is 13.1. The van der Waals surface area contributed by atoms with Gasteiger partial charge in [0.25, 0.3) is 0 Å². The predicted octanol–water partition coefficient (Wildman–Crippen LogP) is 4.40. The van der Waals surface area contributed by atoms with Crippen LogP contribution in [0.1, 0.15) is 29.9 Å². The van der Waals surface area contributed by atoms with E-state index in [4.69, 9.17) is 4.98 Å². The number of nitrogens with zero attached hydrogens (tertiary/aromatic N) is 4. The van der Waals surface area contributed by atoms with Gasteiger partial charge in [-0.1, -0.05) is 48.5 Å². The van der Waals surface area contributed by atoms with Crippen LogP contribution in [0.5, 0.6) is 0 Å². The number of ketones is 1. The van der Waals surface area contributed by atoms with Gasteiger partial charge in [0.2, 0.25) is 0 Å². The summed E-state index contributed by atoms with van der Waals surface area (Å²) in [4.78, 5) is 30.7. The SMILES string of the molecule is CC(C)(C(=O)c1ccccc1)N1CCN(Cc2cccc(-c3nc4ccccc4[nH]3)n2)CC1. The van der Waals surface area contributed by atoms with E-state index in [0.29, 0.717) is 0 Å². The Morgan fingerprint density at radius 1 is 0.879 bits per heavy atom. The molecule has 0 saturated carbocycles. The molecule has 0 bridgehead atoms. The number of piperazine rings is 1. The molecule has 33 heavy (non-hydrogen) atoms. The molecule has 1 fully saturated rings. The molecule has 6 heteroatoms. The van der Waals surface area contributed by atoms with E-state index in [0.717, 1.165) is 66.5 Å². The van der Waals surface area contributed by atoms with Crippen molar-refractivity contribution in [3.05, 3.63) is 84.1 Å². The Hall–Kier alpha value is -3.35. The van der Waals surface area contributed by atoms with Gasteiger partial charge in [0.1, 0.15) is 5.69 Å². The Balaban J connectivity index is 1.23. The lowest BCUT2D eigenvalue weighted by Crippen LogP contribution is -2.57. The largest absolute Gasteiger partial charge is 0.337 e. The molecule has 5 rings (SSSR count). The second-order valence-electron chi connectivity index (χ2n) is 9.13. The third-order valence-corrected chi connectivity index (χ3v) is 6.58. The van der Waals surface area contributed by atoms with Gasteiger partial charge in [-0.15, -0.1) is 0 Å². The summed E-state index contributed by atoms with van der Waals surface area (Å²) in [5.41, 5.74) is 4.11. The van der Waals surface area contributed by atoms with Gasteiger partial charge in [0.15, 0.2) is 11.6 Å². The van der Waals surface area contributed by atoms with E-state index >= 15 is 0 Å². The maximum absolute atomic E-state index is 13.1. The van der Waals surface area contributed by atoms with Crippen molar-refractivity contribution in [2.75, 3.05) is 26.2 Å². The van der Waals surface area contributed by atoms with Crippen LogP contribution in [0.3, 0.4) is 0 Å². The molecule has 0 amide bonds. The lowest BCUT2D eigenvalue weighted by atomic mass is 9.90. The Morgan fingerprint density at radius 3 is 2.36 bits per heavy atom. The molecular formula is C27H29N5O. The summed E-state index contributed by atoms with van der Waals surface area (Å²) < 4.78 is 0. The number of imidazole rings is 1. The first-order chi connectivity index (χ1) is 16.0. The topological polar surface area (TPSA) is 65.1 Å². The first-order valence-electron chi connectivity index (χ1n) is 11.5. The highest BCUT2D eigenvalue weighted by atomic mass is 16.1.